The zero-order valence-corrected chi connectivity index (χ0v) is 13.4. The summed E-state index contributed by atoms with van der Waals surface area (Å²) in [6.45, 7) is 9.39. The summed E-state index contributed by atoms with van der Waals surface area (Å²) in [6, 6.07) is 0. The zero-order valence-electron chi connectivity index (χ0n) is 13.4. The van der Waals surface area contributed by atoms with Gasteiger partial charge in [-0.25, -0.2) is 0 Å². The van der Waals surface area contributed by atoms with E-state index < -0.39 is 0 Å². The van der Waals surface area contributed by atoms with Crippen molar-refractivity contribution in [1.82, 2.24) is 9.80 Å². The van der Waals surface area contributed by atoms with E-state index in [0.29, 0.717) is 0 Å². The lowest BCUT2D eigenvalue weighted by atomic mass is 9.67. The fourth-order valence-corrected chi connectivity index (χ4v) is 4.46. The predicted octanol–water partition coefficient (Wildman–Crippen LogP) is 2.02. The molecule has 2 aliphatic rings. The second-order valence-electron chi connectivity index (χ2n) is 7.26. The second-order valence-corrected chi connectivity index (χ2v) is 7.26. The van der Waals surface area contributed by atoms with Gasteiger partial charge in [-0.1, -0.05) is 26.7 Å². The van der Waals surface area contributed by atoms with Gasteiger partial charge in [0.2, 0.25) is 0 Å². The van der Waals surface area contributed by atoms with Gasteiger partial charge in [-0.2, -0.15) is 0 Å². The van der Waals surface area contributed by atoms with Gasteiger partial charge in [0.05, 0.1) is 0 Å². The lowest BCUT2D eigenvalue weighted by Crippen LogP contribution is -2.60. The third-order valence-electron chi connectivity index (χ3n) is 6.10. The summed E-state index contributed by atoms with van der Waals surface area (Å²) in [5.41, 5.74) is 6.49. The minimum atomic E-state index is 0.249. The van der Waals surface area contributed by atoms with Crippen molar-refractivity contribution in [3.8, 4) is 0 Å². The van der Waals surface area contributed by atoms with E-state index in [4.69, 9.17) is 5.73 Å². The van der Waals surface area contributed by atoms with Crippen molar-refractivity contribution in [1.29, 1.82) is 0 Å². The Bertz CT molecular complexity index is 294. The van der Waals surface area contributed by atoms with Gasteiger partial charge in [0.15, 0.2) is 0 Å². The van der Waals surface area contributed by atoms with Crippen molar-refractivity contribution in [2.75, 3.05) is 40.3 Å². The average Bonchev–Trinajstić information content (AvgIpc) is 2.78. The van der Waals surface area contributed by atoms with Crippen LogP contribution in [-0.2, 0) is 0 Å². The summed E-state index contributed by atoms with van der Waals surface area (Å²) in [7, 11) is 4.56. The van der Waals surface area contributed by atoms with Crippen LogP contribution in [0.4, 0.5) is 0 Å². The van der Waals surface area contributed by atoms with Gasteiger partial charge in [-0.3, -0.25) is 4.90 Å². The first-order chi connectivity index (χ1) is 8.99. The van der Waals surface area contributed by atoms with E-state index in [1.165, 1.54) is 45.3 Å². The number of nitrogens with zero attached hydrogens (tertiary/aromatic N) is 2. The molecule has 0 aromatic rings. The van der Waals surface area contributed by atoms with Crippen molar-refractivity contribution < 1.29 is 0 Å². The lowest BCUT2D eigenvalue weighted by molar-refractivity contribution is -0.00146. The first-order valence-electron chi connectivity index (χ1n) is 8.09. The van der Waals surface area contributed by atoms with E-state index in [1.807, 2.05) is 0 Å². The number of likely N-dealkylation sites (tertiary alicyclic amines) is 1. The fraction of sp³-hybridized carbons (Fsp3) is 1.00. The Morgan fingerprint density at radius 1 is 1.32 bits per heavy atom. The summed E-state index contributed by atoms with van der Waals surface area (Å²) < 4.78 is 0. The molecule has 0 aromatic heterocycles. The fourth-order valence-electron chi connectivity index (χ4n) is 4.46. The van der Waals surface area contributed by atoms with Crippen LogP contribution in [0, 0.1) is 17.8 Å². The molecule has 0 spiro atoms. The molecule has 0 aromatic carbocycles. The lowest BCUT2D eigenvalue weighted by Gasteiger charge is -2.51. The number of hydrogen-bond acceptors (Lipinski definition) is 3. The maximum absolute atomic E-state index is 6.24. The Labute approximate surface area is 119 Å². The summed E-state index contributed by atoms with van der Waals surface area (Å²) >= 11 is 0. The summed E-state index contributed by atoms with van der Waals surface area (Å²) in [5.74, 6) is 2.37. The molecule has 0 amide bonds. The molecule has 1 saturated carbocycles. The summed E-state index contributed by atoms with van der Waals surface area (Å²) in [4.78, 5) is 5.08. The molecule has 4 unspecified atom stereocenters. The number of nitrogens with two attached hydrogens (primary N) is 1. The zero-order chi connectivity index (χ0) is 14.0. The number of hydrogen-bond donors (Lipinski definition) is 1. The number of likely N-dealkylation sites (N-methyl/N-ethyl adjacent to an activating group) is 1. The molecule has 2 rings (SSSR count). The largest absolute Gasteiger partial charge is 0.329 e. The van der Waals surface area contributed by atoms with Crippen LogP contribution in [0.2, 0.25) is 0 Å². The highest BCUT2D eigenvalue weighted by molar-refractivity contribution is 5.00. The van der Waals surface area contributed by atoms with Gasteiger partial charge in [0.1, 0.15) is 0 Å². The molecule has 3 heteroatoms. The standard InChI is InChI=1S/C16H33N3/c1-13-6-5-8-16(12-17,14(13)2)19(4)11-15-7-9-18(3)10-15/h13-15H,5-12,17H2,1-4H3. The molecule has 1 saturated heterocycles. The van der Waals surface area contributed by atoms with Crippen LogP contribution in [0.25, 0.3) is 0 Å². The monoisotopic (exact) mass is 267 g/mol. The Kier molecular flexibility index (Phi) is 4.91. The van der Waals surface area contributed by atoms with Gasteiger partial charge >= 0.3 is 0 Å². The van der Waals surface area contributed by atoms with Gasteiger partial charge in [0.25, 0.3) is 0 Å². The van der Waals surface area contributed by atoms with Crippen molar-refractivity contribution in [3.63, 3.8) is 0 Å². The van der Waals surface area contributed by atoms with Crippen molar-refractivity contribution >= 4 is 0 Å². The molecule has 3 nitrogen and oxygen atoms in total. The highest BCUT2D eigenvalue weighted by atomic mass is 15.2. The van der Waals surface area contributed by atoms with E-state index >= 15 is 0 Å². The SMILES string of the molecule is CC1CCCC(CN)(N(C)CC2CCN(C)C2)C1C. The Morgan fingerprint density at radius 3 is 2.63 bits per heavy atom. The third kappa shape index (κ3) is 2.98. The van der Waals surface area contributed by atoms with E-state index in [2.05, 4.69) is 37.7 Å². The topological polar surface area (TPSA) is 32.5 Å². The smallest absolute Gasteiger partial charge is 0.0356 e. The van der Waals surface area contributed by atoms with Crippen LogP contribution in [0.5, 0.6) is 0 Å². The Hall–Kier alpha value is -0.120. The molecule has 112 valence electrons. The Balaban J connectivity index is 2.03. The molecule has 1 heterocycles. The molecule has 0 bridgehead atoms. The maximum Gasteiger partial charge on any atom is 0.0356 e. The van der Waals surface area contributed by atoms with Gasteiger partial charge in [-0.05, 0) is 51.2 Å². The van der Waals surface area contributed by atoms with Crippen LogP contribution >= 0.6 is 0 Å². The van der Waals surface area contributed by atoms with Crippen LogP contribution in [0.15, 0.2) is 0 Å². The average molecular weight is 267 g/mol. The molecule has 1 aliphatic carbocycles. The quantitative estimate of drug-likeness (QED) is 0.846. The molecule has 2 N–H and O–H groups in total. The van der Waals surface area contributed by atoms with Crippen LogP contribution in [-0.4, -0.2) is 55.6 Å². The minimum Gasteiger partial charge on any atom is -0.329 e. The highest BCUT2D eigenvalue weighted by Gasteiger charge is 2.44. The second kappa shape index (κ2) is 6.11. The molecule has 2 fully saturated rings. The molecule has 0 radical (unpaired) electrons. The van der Waals surface area contributed by atoms with Crippen LogP contribution < -0.4 is 5.73 Å². The van der Waals surface area contributed by atoms with Crippen molar-refractivity contribution in [2.45, 2.75) is 45.1 Å². The molecule has 1 aliphatic heterocycles. The normalized spacial score (nSPS) is 41.1. The Morgan fingerprint density at radius 2 is 2.05 bits per heavy atom. The predicted molar refractivity (Wildman–Crippen MR) is 82.2 cm³/mol. The molecule has 4 atom stereocenters. The van der Waals surface area contributed by atoms with E-state index in [0.717, 1.165) is 24.3 Å². The first-order valence-corrected chi connectivity index (χ1v) is 8.09. The van der Waals surface area contributed by atoms with E-state index in [1.54, 1.807) is 0 Å². The van der Waals surface area contributed by atoms with E-state index in [-0.39, 0.29) is 5.54 Å². The maximum atomic E-state index is 6.24. The highest BCUT2D eigenvalue weighted by Crippen LogP contribution is 2.41. The van der Waals surface area contributed by atoms with Gasteiger partial charge < -0.3 is 10.6 Å². The molecular formula is C16H33N3. The van der Waals surface area contributed by atoms with Crippen LogP contribution in [0.3, 0.4) is 0 Å². The molecule has 19 heavy (non-hydrogen) atoms. The van der Waals surface area contributed by atoms with Crippen molar-refractivity contribution in [3.05, 3.63) is 0 Å². The van der Waals surface area contributed by atoms with Crippen LogP contribution in [0.1, 0.15) is 39.5 Å². The minimum absolute atomic E-state index is 0.249. The molecular weight excluding hydrogens is 234 g/mol. The summed E-state index contributed by atoms with van der Waals surface area (Å²) in [5, 5.41) is 0. The number of rotatable bonds is 4. The first kappa shape index (κ1) is 15.3. The third-order valence-corrected chi connectivity index (χ3v) is 6.10. The summed E-state index contributed by atoms with van der Waals surface area (Å²) in [6.07, 6.45) is 5.36. The van der Waals surface area contributed by atoms with Gasteiger partial charge in [0, 0.05) is 25.2 Å². The van der Waals surface area contributed by atoms with Gasteiger partial charge in [-0.15, -0.1) is 0 Å². The van der Waals surface area contributed by atoms with E-state index in [9.17, 15) is 0 Å². The van der Waals surface area contributed by atoms with Crippen molar-refractivity contribution in [2.24, 2.45) is 23.5 Å².